The number of aliphatic hydroxyl groups excluding tert-OH is 1. The zero-order valence-corrected chi connectivity index (χ0v) is 15.1. The second-order valence-corrected chi connectivity index (χ2v) is 6.16. The standard InChI is InChI=1S/C19H20N6O2/c1-13-16-6-4-14(3-5-15(27)8-10-24(2)12-26)11-17(16)25(23-13)18-7-9-21-19(20)22-18/h4,6-7,9,11-12,15,27H,8,10H2,1-2H3,(H2,20,21,22). The normalized spacial score (nSPS) is 11.7. The van der Waals surface area contributed by atoms with Crippen LogP contribution in [0.5, 0.6) is 0 Å². The zero-order valence-electron chi connectivity index (χ0n) is 15.1. The first kappa shape index (κ1) is 18.4. The van der Waals surface area contributed by atoms with Crippen molar-refractivity contribution < 1.29 is 9.90 Å². The summed E-state index contributed by atoms with van der Waals surface area (Å²) >= 11 is 0. The smallest absolute Gasteiger partial charge is 0.221 e. The molecule has 0 bridgehead atoms. The molecule has 8 nitrogen and oxygen atoms in total. The highest BCUT2D eigenvalue weighted by molar-refractivity contribution is 5.84. The fourth-order valence-electron chi connectivity index (χ4n) is 2.62. The molecule has 3 N–H and O–H groups in total. The van der Waals surface area contributed by atoms with Crippen molar-refractivity contribution >= 4 is 23.3 Å². The monoisotopic (exact) mass is 364 g/mol. The lowest BCUT2D eigenvalue weighted by molar-refractivity contribution is -0.117. The van der Waals surface area contributed by atoms with Crippen molar-refractivity contribution in [3.05, 3.63) is 41.7 Å². The van der Waals surface area contributed by atoms with Crippen LogP contribution in [0.15, 0.2) is 30.5 Å². The Hall–Kier alpha value is -3.44. The summed E-state index contributed by atoms with van der Waals surface area (Å²) in [5, 5.41) is 15.5. The van der Waals surface area contributed by atoms with Gasteiger partial charge in [0, 0.05) is 43.2 Å². The van der Waals surface area contributed by atoms with Crippen LogP contribution >= 0.6 is 0 Å². The van der Waals surface area contributed by atoms with Gasteiger partial charge in [0.2, 0.25) is 12.4 Å². The lowest BCUT2D eigenvalue weighted by Crippen LogP contribution is -2.21. The van der Waals surface area contributed by atoms with E-state index in [0.717, 1.165) is 28.6 Å². The maximum absolute atomic E-state index is 10.6. The highest BCUT2D eigenvalue weighted by atomic mass is 16.3. The van der Waals surface area contributed by atoms with E-state index in [1.165, 1.54) is 4.90 Å². The van der Waals surface area contributed by atoms with E-state index in [4.69, 9.17) is 5.73 Å². The highest BCUT2D eigenvalue weighted by Gasteiger charge is 2.11. The minimum absolute atomic E-state index is 0.174. The minimum atomic E-state index is -0.809. The second-order valence-electron chi connectivity index (χ2n) is 6.16. The van der Waals surface area contributed by atoms with Crippen molar-refractivity contribution in [3.63, 3.8) is 0 Å². The van der Waals surface area contributed by atoms with E-state index >= 15 is 0 Å². The largest absolute Gasteiger partial charge is 0.380 e. The number of rotatable bonds is 5. The van der Waals surface area contributed by atoms with Crippen molar-refractivity contribution in [3.8, 4) is 17.7 Å². The predicted octanol–water partition coefficient (Wildman–Crippen LogP) is 0.897. The Bertz CT molecular complexity index is 1030. The molecule has 1 aromatic carbocycles. The topological polar surface area (TPSA) is 110 Å². The lowest BCUT2D eigenvalue weighted by atomic mass is 10.1. The molecular formula is C19H20N6O2. The first-order valence-electron chi connectivity index (χ1n) is 8.41. The van der Waals surface area contributed by atoms with Crippen LogP contribution in [0.2, 0.25) is 0 Å². The van der Waals surface area contributed by atoms with Crippen LogP contribution in [0.25, 0.3) is 16.7 Å². The molecule has 8 heteroatoms. The number of nitrogen functional groups attached to an aromatic ring is 1. The molecule has 3 aromatic rings. The molecule has 2 heterocycles. The summed E-state index contributed by atoms with van der Waals surface area (Å²) in [6.07, 6.45) is 1.88. The van der Waals surface area contributed by atoms with Gasteiger partial charge < -0.3 is 15.7 Å². The Morgan fingerprint density at radius 3 is 2.96 bits per heavy atom. The molecule has 0 aliphatic heterocycles. The van der Waals surface area contributed by atoms with Gasteiger partial charge in [-0.2, -0.15) is 10.1 Å². The second kappa shape index (κ2) is 7.85. The third-order valence-corrected chi connectivity index (χ3v) is 4.06. The number of aromatic nitrogens is 4. The number of anilines is 1. The van der Waals surface area contributed by atoms with Crippen molar-refractivity contribution in [2.24, 2.45) is 0 Å². The van der Waals surface area contributed by atoms with Gasteiger partial charge in [0.15, 0.2) is 5.82 Å². The molecule has 1 amide bonds. The summed E-state index contributed by atoms with van der Waals surface area (Å²) in [4.78, 5) is 20.2. The number of fused-ring (bicyclic) bond motifs is 1. The summed E-state index contributed by atoms with van der Waals surface area (Å²) < 4.78 is 1.70. The van der Waals surface area contributed by atoms with Gasteiger partial charge in [0.25, 0.3) is 0 Å². The van der Waals surface area contributed by atoms with Gasteiger partial charge >= 0.3 is 0 Å². The molecule has 2 aromatic heterocycles. The molecule has 0 radical (unpaired) electrons. The third-order valence-electron chi connectivity index (χ3n) is 4.06. The summed E-state index contributed by atoms with van der Waals surface area (Å²) in [6, 6.07) is 7.45. The fraction of sp³-hybridized carbons (Fsp3) is 0.263. The Kier molecular flexibility index (Phi) is 5.33. The first-order chi connectivity index (χ1) is 13.0. The Labute approximate surface area is 156 Å². The number of nitrogens with zero attached hydrogens (tertiary/aromatic N) is 5. The number of carbonyl (C=O) groups is 1. The highest BCUT2D eigenvalue weighted by Crippen LogP contribution is 2.22. The fourth-order valence-corrected chi connectivity index (χ4v) is 2.62. The Morgan fingerprint density at radius 2 is 2.22 bits per heavy atom. The van der Waals surface area contributed by atoms with E-state index in [1.807, 2.05) is 25.1 Å². The van der Waals surface area contributed by atoms with Crippen LogP contribution in [0, 0.1) is 18.8 Å². The number of aryl methyl sites for hydroxylation is 1. The summed E-state index contributed by atoms with van der Waals surface area (Å²) in [6.45, 7) is 2.36. The van der Waals surface area contributed by atoms with E-state index in [1.54, 1.807) is 24.0 Å². The molecular weight excluding hydrogens is 344 g/mol. The van der Waals surface area contributed by atoms with Crippen LogP contribution < -0.4 is 5.73 Å². The molecule has 0 saturated carbocycles. The van der Waals surface area contributed by atoms with E-state index in [-0.39, 0.29) is 5.95 Å². The number of benzene rings is 1. The van der Waals surface area contributed by atoms with Crippen LogP contribution in [0.1, 0.15) is 17.7 Å². The maximum Gasteiger partial charge on any atom is 0.221 e. The molecule has 3 rings (SSSR count). The molecule has 0 aliphatic rings. The van der Waals surface area contributed by atoms with Gasteiger partial charge in [-0.15, -0.1) is 0 Å². The van der Waals surface area contributed by atoms with Crippen molar-refractivity contribution in [2.75, 3.05) is 19.3 Å². The number of aliphatic hydroxyl groups is 1. The molecule has 0 aliphatic carbocycles. The molecule has 138 valence electrons. The number of amides is 1. The molecule has 0 spiro atoms. The van der Waals surface area contributed by atoms with Crippen LogP contribution in [0.4, 0.5) is 5.95 Å². The van der Waals surface area contributed by atoms with Crippen LogP contribution in [-0.2, 0) is 4.79 Å². The van der Waals surface area contributed by atoms with Gasteiger partial charge in [-0.25, -0.2) is 9.67 Å². The number of hydrogen-bond acceptors (Lipinski definition) is 6. The van der Waals surface area contributed by atoms with Gasteiger partial charge in [-0.1, -0.05) is 11.8 Å². The number of nitrogens with two attached hydrogens (primary N) is 1. The average molecular weight is 364 g/mol. The third kappa shape index (κ3) is 4.22. The quantitative estimate of drug-likeness (QED) is 0.514. The zero-order chi connectivity index (χ0) is 19.4. The maximum atomic E-state index is 10.6. The Balaban J connectivity index is 1.90. The first-order valence-corrected chi connectivity index (χ1v) is 8.41. The molecule has 0 fully saturated rings. The van der Waals surface area contributed by atoms with Crippen molar-refractivity contribution in [1.29, 1.82) is 0 Å². The molecule has 1 atom stereocenters. The van der Waals surface area contributed by atoms with E-state index in [2.05, 4.69) is 26.9 Å². The van der Waals surface area contributed by atoms with E-state index < -0.39 is 6.10 Å². The minimum Gasteiger partial charge on any atom is -0.380 e. The van der Waals surface area contributed by atoms with Crippen LogP contribution in [-0.4, -0.2) is 55.9 Å². The Morgan fingerprint density at radius 1 is 1.41 bits per heavy atom. The van der Waals surface area contributed by atoms with Gasteiger partial charge in [-0.3, -0.25) is 4.79 Å². The molecule has 0 saturated heterocycles. The van der Waals surface area contributed by atoms with Crippen molar-refractivity contribution in [1.82, 2.24) is 24.6 Å². The SMILES string of the molecule is Cc1nn(-c2ccnc(N)n2)c2cc(C#CC(O)CCN(C)C=O)ccc12. The van der Waals surface area contributed by atoms with Crippen molar-refractivity contribution in [2.45, 2.75) is 19.4 Å². The number of carbonyl (C=O) groups excluding carboxylic acids is 1. The molecule has 27 heavy (non-hydrogen) atoms. The van der Waals surface area contributed by atoms with Gasteiger partial charge in [-0.05, 0) is 25.1 Å². The molecule has 1 unspecified atom stereocenters. The summed E-state index contributed by atoms with van der Waals surface area (Å²) in [5.41, 5.74) is 8.12. The average Bonchev–Trinajstić information content (AvgIpc) is 3.00. The number of hydrogen-bond donors (Lipinski definition) is 2. The summed E-state index contributed by atoms with van der Waals surface area (Å²) in [5.74, 6) is 6.52. The van der Waals surface area contributed by atoms with Gasteiger partial charge in [0.05, 0.1) is 11.2 Å². The predicted molar refractivity (Wildman–Crippen MR) is 102 cm³/mol. The summed E-state index contributed by atoms with van der Waals surface area (Å²) in [7, 11) is 1.66. The lowest BCUT2D eigenvalue weighted by Gasteiger charge is -2.10. The van der Waals surface area contributed by atoms with Gasteiger partial charge in [0.1, 0.15) is 6.10 Å². The van der Waals surface area contributed by atoms with E-state index in [0.29, 0.717) is 18.8 Å². The van der Waals surface area contributed by atoms with E-state index in [9.17, 15) is 9.90 Å². The van der Waals surface area contributed by atoms with Crippen LogP contribution in [0.3, 0.4) is 0 Å².